The third-order valence-electron chi connectivity index (χ3n) is 3.97. The first-order chi connectivity index (χ1) is 13.4. The number of aromatic nitrogens is 3. The predicted octanol–water partition coefficient (Wildman–Crippen LogP) is 4.71. The molecule has 0 radical (unpaired) electrons. The third kappa shape index (κ3) is 4.98. The van der Waals surface area contributed by atoms with Gasteiger partial charge >= 0.3 is 6.18 Å². The van der Waals surface area contributed by atoms with Crippen molar-refractivity contribution in [2.24, 2.45) is 7.05 Å². The smallest absolute Gasteiger partial charge is 0.416 e. The summed E-state index contributed by atoms with van der Waals surface area (Å²) in [4.78, 5) is 0. The topological polar surface area (TPSA) is 49.2 Å². The van der Waals surface area contributed by atoms with Crippen molar-refractivity contribution >= 4 is 11.8 Å². The van der Waals surface area contributed by atoms with E-state index in [-0.39, 0.29) is 6.61 Å². The molecule has 0 saturated heterocycles. The molecule has 28 heavy (non-hydrogen) atoms. The molecule has 0 spiro atoms. The van der Waals surface area contributed by atoms with Gasteiger partial charge in [0.15, 0.2) is 11.0 Å². The molecule has 0 amide bonds. The van der Waals surface area contributed by atoms with Crippen LogP contribution in [-0.4, -0.2) is 21.9 Å². The van der Waals surface area contributed by atoms with Crippen molar-refractivity contribution in [2.75, 3.05) is 7.11 Å². The van der Waals surface area contributed by atoms with Gasteiger partial charge < -0.3 is 14.0 Å². The zero-order valence-corrected chi connectivity index (χ0v) is 16.0. The number of methoxy groups -OCH3 is 1. The zero-order valence-electron chi connectivity index (χ0n) is 15.2. The molecule has 9 heteroatoms. The number of alkyl halides is 3. The normalized spacial score (nSPS) is 11.5. The number of hydrogen-bond donors (Lipinski definition) is 0. The minimum atomic E-state index is -4.35. The van der Waals surface area contributed by atoms with Gasteiger partial charge in [0, 0.05) is 12.8 Å². The number of benzene rings is 2. The van der Waals surface area contributed by atoms with Gasteiger partial charge in [-0.15, -0.1) is 10.2 Å². The third-order valence-corrected chi connectivity index (χ3v) is 5.07. The Balaban J connectivity index is 1.60. The van der Waals surface area contributed by atoms with Gasteiger partial charge in [-0.25, -0.2) is 0 Å². The number of rotatable bonds is 7. The Bertz CT molecular complexity index is 927. The Morgan fingerprint density at radius 2 is 1.75 bits per heavy atom. The summed E-state index contributed by atoms with van der Waals surface area (Å²) in [5.74, 6) is 2.37. The van der Waals surface area contributed by atoms with Gasteiger partial charge in [-0.2, -0.15) is 13.2 Å². The van der Waals surface area contributed by atoms with Crippen molar-refractivity contribution in [1.29, 1.82) is 0 Å². The molecule has 3 aromatic rings. The van der Waals surface area contributed by atoms with E-state index in [9.17, 15) is 13.2 Å². The van der Waals surface area contributed by atoms with Gasteiger partial charge in [0.1, 0.15) is 18.1 Å². The summed E-state index contributed by atoms with van der Waals surface area (Å²) < 4.78 is 51.0. The summed E-state index contributed by atoms with van der Waals surface area (Å²) >= 11 is 1.32. The number of nitrogens with zero attached hydrogens (tertiary/aromatic N) is 3. The Kier molecular flexibility index (Phi) is 6.13. The van der Waals surface area contributed by atoms with Crippen LogP contribution in [0, 0.1) is 0 Å². The average molecular weight is 409 g/mol. The van der Waals surface area contributed by atoms with Gasteiger partial charge in [-0.05, 0) is 35.9 Å². The maximum atomic E-state index is 12.8. The van der Waals surface area contributed by atoms with E-state index in [0.717, 1.165) is 17.9 Å². The van der Waals surface area contributed by atoms with Crippen molar-refractivity contribution < 1.29 is 22.6 Å². The molecule has 148 valence electrons. The van der Waals surface area contributed by atoms with Gasteiger partial charge in [0.05, 0.1) is 12.7 Å². The highest BCUT2D eigenvalue weighted by molar-refractivity contribution is 7.98. The molecular formula is C19H18F3N3O2S. The summed E-state index contributed by atoms with van der Waals surface area (Å²) in [6.07, 6.45) is -4.35. The highest BCUT2D eigenvalue weighted by atomic mass is 32.2. The lowest BCUT2D eigenvalue weighted by atomic mass is 10.1. The summed E-state index contributed by atoms with van der Waals surface area (Å²) in [6, 6.07) is 12.4. The summed E-state index contributed by atoms with van der Waals surface area (Å²) in [6.45, 7) is 0.222. The highest BCUT2D eigenvalue weighted by Crippen LogP contribution is 2.31. The first-order valence-corrected chi connectivity index (χ1v) is 9.29. The fraction of sp³-hybridized carbons (Fsp3) is 0.263. The van der Waals surface area contributed by atoms with Crippen LogP contribution in [0.4, 0.5) is 13.2 Å². The maximum absolute atomic E-state index is 12.8. The first kappa shape index (κ1) is 20.1. The van der Waals surface area contributed by atoms with Crippen LogP contribution in [0.25, 0.3) is 0 Å². The standard InChI is InChI=1S/C19H18F3N3O2S/c1-25-17(11-27-16-8-6-15(26-2)7-9-16)23-24-18(25)28-12-13-4-3-5-14(10-13)19(20,21)22/h3-10H,11-12H2,1-2H3. The molecule has 0 aliphatic heterocycles. The molecule has 0 saturated carbocycles. The highest BCUT2D eigenvalue weighted by Gasteiger charge is 2.30. The van der Waals surface area contributed by atoms with Crippen molar-refractivity contribution in [3.8, 4) is 11.5 Å². The first-order valence-electron chi connectivity index (χ1n) is 8.31. The van der Waals surface area contributed by atoms with Crippen molar-refractivity contribution in [3.05, 3.63) is 65.5 Å². The number of thioether (sulfide) groups is 1. The van der Waals surface area contributed by atoms with E-state index >= 15 is 0 Å². The van der Waals surface area contributed by atoms with Crippen molar-refractivity contribution in [2.45, 2.75) is 23.7 Å². The summed E-state index contributed by atoms with van der Waals surface area (Å²) in [7, 11) is 3.38. The molecule has 3 rings (SSSR count). The molecule has 5 nitrogen and oxygen atoms in total. The van der Waals surface area contributed by atoms with Crippen LogP contribution in [-0.2, 0) is 25.6 Å². The van der Waals surface area contributed by atoms with E-state index in [1.165, 1.54) is 17.8 Å². The monoisotopic (exact) mass is 409 g/mol. The van der Waals surface area contributed by atoms with E-state index in [4.69, 9.17) is 9.47 Å². The van der Waals surface area contributed by atoms with Crippen LogP contribution in [0.2, 0.25) is 0 Å². The molecule has 1 heterocycles. The molecule has 0 aliphatic carbocycles. The second-order valence-corrected chi connectivity index (χ2v) is 6.85. The van der Waals surface area contributed by atoms with Gasteiger partial charge in [-0.1, -0.05) is 30.0 Å². The second kappa shape index (κ2) is 8.55. The lowest BCUT2D eigenvalue weighted by Crippen LogP contribution is -2.05. The SMILES string of the molecule is COc1ccc(OCc2nnc(SCc3cccc(C(F)(F)F)c3)n2C)cc1. The molecule has 0 N–H and O–H groups in total. The Morgan fingerprint density at radius 3 is 2.43 bits per heavy atom. The largest absolute Gasteiger partial charge is 0.497 e. The van der Waals surface area contributed by atoms with Crippen LogP contribution in [0.3, 0.4) is 0 Å². The lowest BCUT2D eigenvalue weighted by Gasteiger charge is -2.09. The van der Waals surface area contributed by atoms with E-state index in [2.05, 4.69) is 10.2 Å². The average Bonchev–Trinajstić information content (AvgIpc) is 3.04. The molecule has 0 bridgehead atoms. The fourth-order valence-electron chi connectivity index (χ4n) is 2.40. The van der Waals surface area contributed by atoms with E-state index in [1.807, 2.05) is 0 Å². The van der Waals surface area contributed by atoms with E-state index < -0.39 is 11.7 Å². The van der Waals surface area contributed by atoms with Gasteiger partial charge in [-0.3, -0.25) is 0 Å². The minimum Gasteiger partial charge on any atom is -0.497 e. The number of ether oxygens (including phenoxy) is 2. The molecule has 1 aromatic heterocycles. The molecule has 0 unspecified atom stereocenters. The molecule has 0 atom stereocenters. The molecule has 0 aliphatic rings. The van der Waals surface area contributed by atoms with Crippen LogP contribution >= 0.6 is 11.8 Å². The van der Waals surface area contributed by atoms with Crippen LogP contribution < -0.4 is 9.47 Å². The number of hydrogen-bond acceptors (Lipinski definition) is 5. The van der Waals surface area contributed by atoms with E-state index in [1.54, 1.807) is 49.1 Å². The van der Waals surface area contributed by atoms with E-state index in [0.29, 0.717) is 28.0 Å². The predicted molar refractivity (Wildman–Crippen MR) is 99.3 cm³/mol. The molecule has 2 aromatic carbocycles. The van der Waals surface area contributed by atoms with Crippen LogP contribution in [0.15, 0.2) is 53.7 Å². The van der Waals surface area contributed by atoms with Crippen LogP contribution in [0.5, 0.6) is 11.5 Å². The van der Waals surface area contributed by atoms with Gasteiger partial charge in [0.2, 0.25) is 0 Å². The lowest BCUT2D eigenvalue weighted by molar-refractivity contribution is -0.137. The quantitative estimate of drug-likeness (QED) is 0.529. The Hall–Kier alpha value is -2.68. The molecular weight excluding hydrogens is 391 g/mol. The van der Waals surface area contributed by atoms with Crippen molar-refractivity contribution in [3.63, 3.8) is 0 Å². The molecule has 0 fully saturated rings. The van der Waals surface area contributed by atoms with Crippen LogP contribution in [0.1, 0.15) is 17.0 Å². The number of halogens is 3. The Labute approximate surface area is 164 Å². The summed E-state index contributed by atoms with van der Waals surface area (Å²) in [5.41, 5.74) is -0.0870. The van der Waals surface area contributed by atoms with Crippen molar-refractivity contribution in [1.82, 2.24) is 14.8 Å². The fourth-order valence-corrected chi connectivity index (χ4v) is 3.27. The maximum Gasteiger partial charge on any atom is 0.416 e. The Morgan fingerprint density at radius 1 is 1.04 bits per heavy atom. The van der Waals surface area contributed by atoms with Gasteiger partial charge in [0.25, 0.3) is 0 Å². The minimum absolute atomic E-state index is 0.222. The summed E-state index contributed by atoms with van der Waals surface area (Å²) in [5, 5.41) is 8.79. The second-order valence-electron chi connectivity index (χ2n) is 5.91. The zero-order chi connectivity index (χ0) is 20.1.